The van der Waals surface area contributed by atoms with Crippen LogP contribution in [0.5, 0.6) is 0 Å². The lowest BCUT2D eigenvalue weighted by molar-refractivity contribution is 0.472. The van der Waals surface area contributed by atoms with Crippen molar-refractivity contribution in [2.45, 2.75) is 6.04 Å². The van der Waals surface area contributed by atoms with Gasteiger partial charge >= 0.3 is 0 Å². The van der Waals surface area contributed by atoms with Crippen LogP contribution in [0.2, 0.25) is 0 Å². The molecule has 1 saturated heterocycles. The molecule has 0 saturated carbocycles. The highest BCUT2D eigenvalue weighted by atomic mass is 32.2. The molecule has 3 N–H and O–H groups in total. The van der Waals surface area contributed by atoms with Gasteiger partial charge in [-0.15, -0.1) is 0 Å². The van der Waals surface area contributed by atoms with Crippen LogP contribution >= 0.6 is 0 Å². The van der Waals surface area contributed by atoms with Crippen molar-refractivity contribution in [2.75, 3.05) is 29.4 Å². The van der Waals surface area contributed by atoms with E-state index in [-0.39, 0.29) is 0 Å². The Balaban J connectivity index is 1.98. The first-order chi connectivity index (χ1) is 7.53. The summed E-state index contributed by atoms with van der Waals surface area (Å²) in [5.41, 5.74) is 1.59. The van der Waals surface area contributed by atoms with Crippen molar-refractivity contribution in [1.29, 1.82) is 0 Å². The van der Waals surface area contributed by atoms with Crippen molar-refractivity contribution in [1.82, 2.24) is 5.32 Å². The first kappa shape index (κ1) is 11.2. The summed E-state index contributed by atoms with van der Waals surface area (Å²) in [5.74, 6) is 0. The molecule has 0 atom stereocenters. The van der Waals surface area contributed by atoms with Crippen LogP contribution in [0.1, 0.15) is 0 Å². The van der Waals surface area contributed by atoms with Crippen LogP contribution in [0.4, 0.5) is 11.4 Å². The summed E-state index contributed by atoms with van der Waals surface area (Å²) in [6, 6.07) is 7.71. The van der Waals surface area contributed by atoms with Crippen molar-refractivity contribution in [2.24, 2.45) is 0 Å². The highest BCUT2D eigenvalue weighted by Gasteiger charge is 2.15. The molecule has 6 heteroatoms. The molecule has 1 aromatic rings. The number of hydrogen-bond acceptors (Lipinski definition) is 4. The fourth-order valence-electron chi connectivity index (χ4n) is 1.48. The van der Waals surface area contributed by atoms with E-state index in [1.807, 2.05) is 12.1 Å². The van der Waals surface area contributed by atoms with Gasteiger partial charge in [-0.3, -0.25) is 4.72 Å². The molecule has 2 rings (SSSR count). The van der Waals surface area contributed by atoms with Crippen molar-refractivity contribution in [3.05, 3.63) is 24.3 Å². The van der Waals surface area contributed by atoms with Gasteiger partial charge in [-0.2, -0.15) is 0 Å². The molecule has 1 heterocycles. The zero-order valence-corrected chi connectivity index (χ0v) is 9.84. The normalized spacial score (nSPS) is 16.6. The van der Waals surface area contributed by atoms with Gasteiger partial charge in [0.2, 0.25) is 10.0 Å². The van der Waals surface area contributed by atoms with E-state index in [0.29, 0.717) is 11.7 Å². The number of anilines is 2. The van der Waals surface area contributed by atoms with E-state index in [1.54, 1.807) is 12.1 Å². The van der Waals surface area contributed by atoms with Gasteiger partial charge in [0.05, 0.1) is 12.3 Å². The summed E-state index contributed by atoms with van der Waals surface area (Å²) in [6.07, 6.45) is 1.14. The summed E-state index contributed by atoms with van der Waals surface area (Å²) >= 11 is 0. The zero-order chi connectivity index (χ0) is 11.6. The predicted octanol–water partition coefficient (Wildman–Crippen LogP) is 0.442. The summed E-state index contributed by atoms with van der Waals surface area (Å²) < 4.78 is 24.4. The maximum atomic E-state index is 11.0. The fourth-order valence-corrected chi connectivity index (χ4v) is 2.04. The molecule has 88 valence electrons. The maximum absolute atomic E-state index is 11.0. The van der Waals surface area contributed by atoms with E-state index < -0.39 is 10.0 Å². The van der Waals surface area contributed by atoms with E-state index in [1.165, 1.54) is 0 Å². The van der Waals surface area contributed by atoms with Crippen LogP contribution < -0.4 is 15.4 Å². The molecule has 5 nitrogen and oxygen atoms in total. The molecule has 0 bridgehead atoms. The number of hydrogen-bond donors (Lipinski definition) is 3. The molecule has 0 unspecified atom stereocenters. The number of rotatable bonds is 4. The van der Waals surface area contributed by atoms with Gasteiger partial charge in [-0.1, -0.05) is 0 Å². The molecule has 16 heavy (non-hydrogen) atoms. The highest BCUT2D eigenvalue weighted by Crippen LogP contribution is 2.15. The third-order valence-corrected chi connectivity index (χ3v) is 2.95. The van der Waals surface area contributed by atoms with Crippen LogP contribution in [0.25, 0.3) is 0 Å². The van der Waals surface area contributed by atoms with Crippen LogP contribution in [-0.2, 0) is 10.0 Å². The van der Waals surface area contributed by atoms with Crippen LogP contribution in [-0.4, -0.2) is 33.8 Å². The van der Waals surface area contributed by atoms with Crippen molar-refractivity contribution < 1.29 is 8.42 Å². The molecule has 0 radical (unpaired) electrons. The number of benzene rings is 1. The third-order valence-electron chi connectivity index (χ3n) is 2.34. The lowest BCUT2D eigenvalue weighted by atomic mass is 10.1. The Kier molecular flexibility index (Phi) is 3.02. The van der Waals surface area contributed by atoms with Crippen molar-refractivity contribution in [3.8, 4) is 0 Å². The highest BCUT2D eigenvalue weighted by molar-refractivity contribution is 7.92. The van der Waals surface area contributed by atoms with E-state index in [4.69, 9.17) is 0 Å². The quantitative estimate of drug-likeness (QED) is 0.715. The van der Waals surface area contributed by atoms with Crippen molar-refractivity contribution in [3.63, 3.8) is 0 Å². The first-order valence-corrected chi connectivity index (χ1v) is 6.97. The Morgan fingerprint density at radius 3 is 2.19 bits per heavy atom. The average Bonchev–Trinajstić information content (AvgIpc) is 2.11. The Bertz CT molecular complexity index is 451. The van der Waals surface area contributed by atoms with Gasteiger partial charge in [-0.25, -0.2) is 8.42 Å². The SMILES string of the molecule is CS(=O)(=O)Nc1ccc(NC2CNC2)cc1. The average molecular weight is 241 g/mol. The Morgan fingerprint density at radius 1 is 1.19 bits per heavy atom. The topological polar surface area (TPSA) is 70.2 Å². The second-order valence-corrected chi connectivity index (χ2v) is 5.70. The smallest absolute Gasteiger partial charge is 0.229 e. The van der Waals surface area contributed by atoms with E-state index >= 15 is 0 Å². The molecule has 0 spiro atoms. The minimum atomic E-state index is -3.19. The monoisotopic (exact) mass is 241 g/mol. The van der Waals surface area contributed by atoms with E-state index in [2.05, 4.69) is 15.4 Å². The van der Waals surface area contributed by atoms with E-state index in [9.17, 15) is 8.42 Å². The first-order valence-electron chi connectivity index (χ1n) is 5.08. The lowest BCUT2D eigenvalue weighted by Gasteiger charge is -2.29. The minimum Gasteiger partial charge on any atom is -0.380 e. The molecule has 1 aromatic carbocycles. The molecule has 0 amide bonds. The van der Waals surface area contributed by atoms with Gasteiger partial charge < -0.3 is 10.6 Å². The predicted molar refractivity (Wildman–Crippen MR) is 65.2 cm³/mol. The van der Waals surface area contributed by atoms with Gasteiger partial charge in [-0.05, 0) is 24.3 Å². The zero-order valence-electron chi connectivity index (χ0n) is 9.03. The van der Waals surface area contributed by atoms with Gasteiger partial charge in [0.1, 0.15) is 0 Å². The molecule has 1 aliphatic heterocycles. The number of sulfonamides is 1. The minimum absolute atomic E-state index is 0.480. The molecule has 1 aliphatic rings. The Labute approximate surface area is 95.3 Å². The number of nitrogens with one attached hydrogen (secondary N) is 3. The molecular formula is C10H15N3O2S. The second-order valence-electron chi connectivity index (χ2n) is 3.95. The lowest BCUT2D eigenvalue weighted by Crippen LogP contribution is -2.51. The molecule has 0 aliphatic carbocycles. The van der Waals surface area contributed by atoms with Gasteiger partial charge in [0.25, 0.3) is 0 Å². The molecule has 1 fully saturated rings. The van der Waals surface area contributed by atoms with Crippen molar-refractivity contribution >= 4 is 21.4 Å². The Morgan fingerprint density at radius 2 is 1.75 bits per heavy atom. The Hall–Kier alpha value is -1.27. The summed E-state index contributed by atoms with van der Waals surface area (Å²) in [4.78, 5) is 0. The summed E-state index contributed by atoms with van der Waals surface area (Å²) in [5, 5.41) is 6.50. The van der Waals surface area contributed by atoms with E-state index in [0.717, 1.165) is 25.0 Å². The molecular weight excluding hydrogens is 226 g/mol. The van der Waals surface area contributed by atoms with Gasteiger partial charge in [0.15, 0.2) is 0 Å². The maximum Gasteiger partial charge on any atom is 0.229 e. The van der Waals surface area contributed by atoms with Crippen LogP contribution in [0.15, 0.2) is 24.3 Å². The fraction of sp³-hybridized carbons (Fsp3) is 0.400. The van der Waals surface area contributed by atoms with Crippen LogP contribution in [0, 0.1) is 0 Å². The summed E-state index contributed by atoms with van der Waals surface area (Å²) in [7, 11) is -3.19. The largest absolute Gasteiger partial charge is 0.380 e. The standard InChI is InChI=1S/C10H15N3O2S/c1-16(14,15)13-9-4-2-8(3-5-9)12-10-6-11-7-10/h2-5,10-13H,6-7H2,1H3. The molecule has 0 aromatic heterocycles. The third kappa shape index (κ3) is 3.11. The second kappa shape index (κ2) is 4.31. The summed E-state index contributed by atoms with van der Waals surface area (Å²) in [6.45, 7) is 1.95. The van der Waals surface area contributed by atoms with Gasteiger partial charge in [0, 0.05) is 24.5 Å². The van der Waals surface area contributed by atoms with Crippen LogP contribution in [0.3, 0.4) is 0 Å².